The summed E-state index contributed by atoms with van der Waals surface area (Å²) >= 11 is 0. The molecule has 6 heteroatoms. The third-order valence-corrected chi connectivity index (χ3v) is 2.04. The van der Waals surface area contributed by atoms with Crippen molar-refractivity contribution in [2.75, 3.05) is 6.61 Å². The predicted octanol–water partition coefficient (Wildman–Crippen LogP) is -3.29. The van der Waals surface area contributed by atoms with Crippen molar-refractivity contribution in [3.63, 3.8) is 0 Å². The Morgan fingerprint density at radius 3 is 2.25 bits per heavy atom. The van der Waals surface area contributed by atoms with Crippen molar-refractivity contribution in [1.29, 1.82) is 0 Å². The van der Waals surface area contributed by atoms with Crippen LogP contribution < -0.4 is 11.5 Å². The second-order valence-corrected chi connectivity index (χ2v) is 2.89. The summed E-state index contributed by atoms with van der Waals surface area (Å²) in [5.74, 6) is 0. The van der Waals surface area contributed by atoms with E-state index in [0.29, 0.717) is 0 Å². The molecule has 0 aromatic rings. The Labute approximate surface area is 69.7 Å². The normalized spacial score (nSPS) is 49.2. The lowest BCUT2D eigenvalue weighted by Gasteiger charge is -2.38. The maximum Gasteiger partial charge on any atom is 0.172 e. The van der Waals surface area contributed by atoms with Crippen molar-refractivity contribution >= 4 is 0 Å². The van der Waals surface area contributed by atoms with Crippen molar-refractivity contribution < 1.29 is 20.1 Å². The minimum Gasteiger partial charge on any atom is -0.394 e. The Morgan fingerprint density at radius 2 is 1.75 bits per heavy atom. The van der Waals surface area contributed by atoms with Crippen LogP contribution in [0.25, 0.3) is 0 Å². The quantitative estimate of drug-likeness (QED) is 0.287. The van der Waals surface area contributed by atoms with Crippen LogP contribution in [0.2, 0.25) is 0 Å². The summed E-state index contributed by atoms with van der Waals surface area (Å²) in [5.41, 5.74) is 10.8. The van der Waals surface area contributed by atoms with E-state index in [-0.39, 0.29) is 6.61 Å². The molecule has 1 saturated heterocycles. The van der Waals surface area contributed by atoms with Gasteiger partial charge >= 0.3 is 0 Å². The molecule has 0 bridgehead atoms. The fourth-order valence-corrected chi connectivity index (χ4v) is 1.17. The summed E-state index contributed by atoms with van der Waals surface area (Å²) in [7, 11) is 0. The largest absolute Gasteiger partial charge is 0.394 e. The number of nitrogens with two attached hydrogens (primary N) is 2. The van der Waals surface area contributed by atoms with E-state index in [1.807, 2.05) is 0 Å². The third kappa shape index (κ3) is 1.58. The second kappa shape index (κ2) is 3.65. The monoisotopic (exact) mass is 178 g/mol. The first-order valence-electron chi connectivity index (χ1n) is 3.71. The van der Waals surface area contributed by atoms with Crippen molar-refractivity contribution in [3.05, 3.63) is 0 Å². The molecule has 0 radical (unpaired) electrons. The molecule has 6 nitrogen and oxygen atoms in total. The minimum absolute atomic E-state index is 0.345. The highest BCUT2D eigenvalue weighted by molar-refractivity contribution is 4.93. The lowest BCUT2D eigenvalue weighted by molar-refractivity contribution is -0.215. The zero-order valence-electron chi connectivity index (χ0n) is 6.50. The molecule has 5 atom stereocenters. The van der Waals surface area contributed by atoms with Crippen molar-refractivity contribution in [1.82, 2.24) is 0 Å². The zero-order chi connectivity index (χ0) is 9.30. The first-order chi connectivity index (χ1) is 5.57. The molecule has 72 valence electrons. The molecule has 0 aromatic heterocycles. The summed E-state index contributed by atoms with van der Waals surface area (Å²) in [6, 6.07) is -1.67. The van der Waals surface area contributed by atoms with Crippen LogP contribution in [-0.4, -0.2) is 52.5 Å². The van der Waals surface area contributed by atoms with Gasteiger partial charge in [0.15, 0.2) is 6.29 Å². The number of aliphatic hydroxyl groups excluding tert-OH is 3. The Hall–Kier alpha value is -0.240. The lowest BCUT2D eigenvalue weighted by Crippen LogP contribution is -2.64. The van der Waals surface area contributed by atoms with E-state index in [4.69, 9.17) is 26.4 Å². The van der Waals surface area contributed by atoms with E-state index in [9.17, 15) is 5.11 Å². The van der Waals surface area contributed by atoms with Gasteiger partial charge in [0.2, 0.25) is 0 Å². The summed E-state index contributed by atoms with van der Waals surface area (Å²) in [5, 5.41) is 27.1. The molecule has 0 aliphatic carbocycles. The molecule has 0 amide bonds. The molecule has 1 unspecified atom stereocenters. The van der Waals surface area contributed by atoms with Crippen LogP contribution in [0, 0.1) is 0 Å². The van der Waals surface area contributed by atoms with Crippen LogP contribution in [0.3, 0.4) is 0 Å². The van der Waals surface area contributed by atoms with E-state index in [2.05, 4.69) is 0 Å². The smallest absolute Gasteiger partial charge is 0.172 e. The molecule has 1 aliphatic rings. The van der Waals surface area contributed by atoms with Gasteiger partial charge in [-0.25, -0.2) is 0 Å². The van der Waals surface area contributed by atoms with Gasteiger partial charge in [0.25, 0.3) is 0 Å². The van der Waals surface area contributed by atoms with Gasteiger partial charge in [-0.05, 0) is 0 Å². The van der Waals surface area contributed by atoms with E-state index in [1.54, 1.807) is 0 Å². The van der Waals surface area contributed by atoms with Crippen molar-refractivity contribution in [3.8, 4) is 0 Å². The molecule has 12 heavy (non-hydrogen) atoms. The Kier molecular flexibility index (Phi) is 2.99. The topological polar surface area (TPSA) is 122 Å². The highest BCUT2D eigenvalue weighted by Crippen LogP contribution is 2.16. The molecule has 1 heterocycles. The van der Waals surface area contributed by atoms with Crippen molar-refractivity contribution in [2.45, 2.75) is 30.6 Å². The molecule has 0 spiro atoms. The molecular formula is C6H14N2O4. The first-order valence-corrected chi connectivity index (χ1v) is 3.71. The van der Waals surface area contributed by atoms with Crippen LogP contribution in [0.5, 0.6) is 0 Å². The van der Waals surface area contributed by atoms with Crippen LogP contribution in [0.1, 0.15) is 0 Å². The Balaban J connectivity index is 2.63. The van der Waals surface area contributed by atoms with Crippen LogP contribution in [-0.2, 0) is 4.74 Å². The third-order valence-electron chi connectivity index (χ3n) is 2.04. The summed E-state index contributed by atoms with van der Waals surface area (Å²) in [6.45, 7) is -0.345. The number of hydrogen-bond donors (Lipinski definition) is 5. The average Bonchev–Trinajstić information content (AvgIpc) is 2.08. The number of ether oxygens (including phenoxy) is 1. The van der Waals surface area contributed by atoms with Gasteiger partial charge in [-0.15, -0.1) is 0 Å². The Bertz CT molecular complexity index is 152. The van der Waals surface area contributed by atoms with Crippen LogP contribution in [0.4, 0.5) is 0 Å². The number of hydrogen-bond acceptors (Lipinski definition) is 6. The summed E-state index contributed by atoms with van der Waals surface area (Å²) in [4.78, 5) is 0. The van der Waals surface area contributed by atoms with Gasteiger partial charge in [-0.2, -0.15) is 0 Å². The highest BCUT2D eigenvalue weighted by Gasteiger charge is 2.40. The number of aliphatic hydroxyl groups is 3. The zero-order valence-corrected chi connectivity index (χ0v) is 6.50. The van der Waals surface area contributed by atoms with Gasteiger partial charge in [-0.1, -0.05) is 0 Å². The molecule has 7 N–H and O–H groups in total. The van der Waals surface area contributed by atoms with Gasteiger partial charge in [0.05, 0.1) is 24.8 Å². The van der Waals surface area contributed by atoms with E-state index in [1.165, 1.54) is 0 Å². The second-order valence-electron chi connectivity index (χ2n) is 2.89. The van der Waals surface area contributed by atoms with Gasteiger partial charge in [-0.3, -0.25) is 0 Å². The molecule has 1 rings (SSSR count). The maximum atomic E-state index is 9.32. The van der Waals surface area contributed by atoms with Gasteiger partial charge in [0, 0.05) is 0 Å². The fourth-order valence-electron chi connectivity index (χ4n) is 1.17. The molecule has 1 fully saturated rings. The minimum atomic E-state index is -1.27. The average molecular weight is 178 g/mol. The summed E-state index contributed by atoms with van der Waals surface area (Å²) < 4.78 is 4.83. The molecule has 1 aliphatic heterocycles. The van der Waals surface area contributed by atoms with E-state index in [0.717, 1.165) is 0 Å². The lowest BCUT2D eigenvalue weighted by atomic mass is 9.96. The highest BCUT2D eigenvalue weighted by atomic mass is 16.6. The summed E-state index contributed by atoms with van der Waals surface area (Å²) in [6.07, 6.45) is -3.07. The Morgan fingerprint density at radius 1 is 1.17 bits per heavy atom. The number of rotatable bonds is 1. The van der Waals surface area contributed by atoms with Crippen molar-refractivity contribution in [2.24, 2.45) is 11.5 Å². The standard InChI is InChI=1S/C6H14N2O4/c7-3-2(1-9)12-6(11)4(8)5(3)10/h2-6,9-11H,1,7-8H2/t2-,3-,4-,5+,6?/m1/s1. The van der Waals surface area contributed by atoms with Gasteiger partial charge < -0.3 is 31.5 Å². The maximum absolute atomic E-state index is 9.32. The fraction of sp³-hybridized carbons (Fsp3) is 1.00. The SMILES string of the molecule is N[C@H]1[C@H](O)[C@@H](N)C(O)O[C@@H]1CO. The van der Waals surface area contributed by atoms with Gasteiger partial charge in [0.1, 0.15) is 6.10 Å². The molecular weight excluding hydrogens is 164 g/mol. The predicted molar refractivity (Wildman–Crippen MR) is 39.9 cm³/mol. The van der Waals surface area contributed by atoms with E-state index >= 15 is 0 Å². The molecule has 0 aromatic carbocycles. The van der Waals surface area contributed by atoms with Crippen LogP contribution >= 0.6 is 0 Å². The van der Waals surface area contributed by atoms with E-state index < -0.39 is 30.6 Å². The van der Waals surface area contributed by atoms with Crippen LogP contribution in [0.15, 0.2) is 0 Å². The first kappa shape index (κ1) is 9.85. The molecule has 0 saturated carbocycles.